The van der Waals surface area contributed by atoms with Crippen molar-refractivity contribution in [3.63, 3.8) is 0 Å². The number of hydrogen-bond acceptors (Lipinski definition) is 4. The summed E-state index contributed by atoms with van der Waals surface area (Å²) in [6.07, 6.45) is 2.03. The van der Waals surface area contributed by atoms with Crippen LogP contribution in [0, 0.1) is 5.92 Å². The van der Waals surface area contributed by atoms with E-state index in [-0.39, 0.29) is 5.91 Å². The topological polar surface area (TPSA) is 59.9 Å². The molecule has 1 amide bonds. The second-order valence-corrected chi connectivity index (χ2v) is 4.51. The molecule has 0 heterocycles. The van der Waals surface area contributed by atoms with Gasteiger partial charge in [0.15, 0.2) is 11.5 Å². The smallest absolute Gasteiger partial charge is 0.240 e. The molecule has 0 atom stereocenters. The minimum Gasteiger partial charge on any atom is -0.493 e. The first-order chi connectivity index (χ1) is 9.06. The van der Waals surface area contributed by atoms with E-state index >= 15 is 0 Å². The molecule has 1 rings (SSSR count). The van der Waals surface area contributed by atoms with Gasteiger partial charge in [-0.2, -0.15) is 5.10 Å². The number of ether oxygens (including phenoxy) is 2. The molecular weight excluding hydrogens is 244 g/mol. The van der Waals surface area contributed by atoms with Crippen LogP contribution in [-0.4, -0.2) is 26.3 Å². The Morgan fingerprint density at radius 1 is 1.32 bits per heavy atom. The number of hydrogen-bond donors (Lipinski definition) is 1. The molecule has 0 aromatic heterocycles. The van der Waals surface area contributed by atoms with E-state index in [2.05, 4.69) is 10.5 Å². The third-order valence-corrected chi connectivity index (χ3v) is 2.40. The lowest BCUT2D eigenvalue weighted by Crippen LogP contribution is -2.19. The number of carbonyl (C=O) groups is 1. The maximum Gasteiger partial charge on any atom is 0.240 e. The van der Waals surface area contributed by atoms with Gasteiger partial charge >= 0.3 is 0 Å². The number of amides is 1. The summed E-state index contributed by atoms with van der Waals surface area (Å²) in [5, 5.41) is 3.90. The van der Waals surface area contributed by atoms with Gasteiger partial charge in [0.25, 0.3) is 0 Å². The molecule has 0 bridgehead atoms. The number of nitrogens with one attached hydrogen (secondary N) is 1. The standard InChI is InChI=1S/C14H20N2O3/c1-10(2)7-14(17)16-15-9-11-5-6-12(18-3)13(8-11)19-4/h5-6,8-10H,7H2,1-4H3,(H,16,17). The van der Waals surface area contributed by atoms with Crippen molar-refractivity contribution in [2.24, 2.45) is 11.0 Å². The normalized spacial score (nSPS) is 10.8. The average molecular weight is 264 g/mol. The molecule has 1 aromatic carbocycles. The fourth-order valence-electron chi connectivity index (χ4n) is 1.53. The van der Waals surface area contributed by atoms with E-state index in [1.165, 1.54) is 0 Å². The highest BCUT2D eigenvalue weighted by Crippen LogP contribution is 2.26. The molecule has 0 fully saturated rings. The Kier molecular flexibility index (Phi) is 5.85. The molecular formula is C14H20N2O3. The number of carbonyl (C=O) groups excluding carboxylic acids is 1. The van der Waals surface area contributed by atoms with E-state index in [1.807, 2.05) is 19.9 Å². The van der Waals surface area contributed by atoms with Crippen molar-refractivity contribution in [3.8, 4) is 11.5 Å². The third kappa shape index (κ3) is 4.99. The molecule has 1 N–H and O–H groups in total. The quantitative estimate of drug-likeness (QED) is 0.633. The van der Waals surface area contributed by atoms with E-state index in [1.54, 1.807) is 32.6 Å². The highest BCUT2D eigenvalue weighted by atomic mass is 16.5. The minimum atomic E-state index is -0.0910. The molecule has 0 aliphatic carbocycles. The first kappa shape index (κ1) is 15.0. The van der Waals surface area contributed by atoms with Gasteiger partial charge in [-0.05, 0) is 29.7 Å². The van der Waals surface area contributed by atoms with Crippen molar-refractivity contribution in [2.45, 2.75) is 20.3 Å². The lowest BCUT2D eigenvalue weighted by molar-refractivity contribution is -0.121. The summed E-state index contributed by atoms with van der Waals surface area (Å²) in [5.41, 5.74) is 3.31. The maximum atomic E-state index is 11.4. The van der Waals surface area contributed by atoms with Gasteiger partial charge in [-0.15, -0.1) is 0 Å². The number of hydrazone groups is 1. The zero-order valence-electron chi connectivity index (χ0n) is 11.8. The Hall–Kier alpha value is -2.04. The van der Waals surface area contributed by atoms with Crippen LogP contribution in [0.3, 0.4) is 0 Å². The van der Waals surface area contributed by atoms with Crippen LogP contribution >= 0.6 is 0 Å². The Labute approximate surface area is 113 Å². The molecule has 0 spiro atoms. The molecule has 1 aromatic rings. The van der Waals surface area contributed by atoms with Gasteiger partial charge in [-0.25, -0.2) is 5.43 Å². The van der Waals surface area contributed by atoms with Gasteiger partial charge in [0.05, 0.1) is 20.4 Å². The fraction of sp³-hybridized carbons (Fsp3) is 0.429. The first-order valence-corrected chi connectivity index (χ1v) is 6.10. The SMILES string of the molecule is COc1ccc(C=NNC(=O)CC(C)C)cc1OC. The summed E-state index contributed by atoms with van der Waals surface area (Å²) in [6, 6.07) is 5.41. The van der Waals surface area contributed by atoms with Crippen molar-refractivity contribution in [2.75, 3.05) is 14.2 Å². The second-order valence-electron chi connectivity index (χ2n) is 4.51. The van der Waals surface area contributed by atoms with Crippen LogP contribution in [0.4, 0.5) is 0 Å². The molecule has 5 heteroatoms. The lowest BCUT2D eigenvalue weighted by Gasteiger charge is -2.07. The second kappa shape index (κ2) is 7.41. The largest absolute Gasteiger partial charge is 0.493 e. The molecule has 0 aliphatic heterocycles. The van der Waals surface area contributed by atoms with Gasteiger partial charge < -0.3 is 9.47 Å². The average Bonchev–Trinajstić information content (AvgIpc) is 2.37. The molecule has 19 heavy (non-hydrogen) atoms. The van der Waals surface area contributed by atoms with Crippen molar-refractivity contribution in [1.29, 1.82) is 0 Å². The predicted octanol–water partition coefficient (Wildman–Crippen LogP) is 2.20. The molecule has 0 radical (unpaired) electrons. The summed E-state index contributed by atoms with van der Waals surface area (Å²) in [6.45, 7) is 3.97. The minimum absolute atomic E-state index is 0.0910. The van der Waals surface area contributed by atoms with Crippen LogP contribution < -0.4 is 14.9 Å². The van der Waals surface area contributed by atoms with E-state index in [0.29, 0.717) is 23.8 Å². The molecule has 104 valence electrons. The van der Waals surface area contributed by atoms with E-state index in [9.17, 15) is 4.79 Å². The summed E-state index contributed by atoms with van der Waals surface area (Å²) in [4.78, 5) is 11.4. The lowest BCUT2D eigenvalue weighted by atomic mass is 10.1. The monoisotopic (exact) mass is 264 g/mol. The highest BCUT2D eigenvalue weighted by molar-refractivity contribution is 5.83. The van der Waals surface area contributed by atoms with Crippen molar-refractivity contribution >= 4 is 12.1 Å². The molecule has 0 unspecified atom stereocenters. The highest BCUT2D eigenvalue weighted by Gasteiger charge is 2.04. The number of nitrogens with zero attached hydrogens (tertiary/aromatic N) is 1. The van der Waals surface area contributed by atoms with Crippen molar-refractivity contribution in [3.05, 3.63) is 23.8 Å². The van der Waals surface area contributed by atoms with Crippen LogP contribution in [0.15, 0.2) is 23.3 Å². The Morgan fingerprint density at radius 3 is 2.58 bits per heavy atom. The van der Waals surface area contributed by atoms with Crippen LogP contribution in [-0.2, 0) is 4.79 Å². The van der Waals surface area contributed by atoms with E-state index in [0.717, 1.165) is 5.56 Å². The van der Waals surface area contributed by atoms with Crippen molar-refractivity contribution < 1.29 is 14.3 Å². The Morgan fingerprint density at radius 2 is 2.00 bits per heavy atom. The number of methoxy groups -OCH3 is 2. The summed E-state index contributed by atoms with van der Waals surface area (Å²) >= 11 is 0. The zero-order chi connectivity index (χ0) is 14.3. The van der Waals surface area contributed by atoms with E-state index in [4.69, 9.17) is 9.47 Å². The van der Waals surface area contributed by atoms with Gasteiger partial charge in [-0.1, -0.05) is 13.8 Å². The van der Waals surface area contributed by atoms with Crippen LogP contribution in [0.1, 0.15) is 25.8 Å². The van der Waals surface area contributed by atoms with Gasteiger partial charge in [0.1, 0.15) is 0 Å². The zero-order valence-corrected chi connectivity index (χ0v) is 11.8. The molecule has 0 saturated heterocycles. The predicted molar refractivity (Wildman–Crippen MR) is 74.7 cm³/mol. The fourth-order valence-corrected chi connectivity index (χ4v) is 1.53. The van der Waals surface area contributed by atoms with Gasteiger partial charge in [0.2, 0.25) is 5.91 Å². The Bertz CT molecular complexity index is 456. The van der Waals surface area contributed by atoms with Crippen molar-refractivity contribution in [1.82, 2.24) is 5.43 Å². The van der Waals surface area contributed by atoms with Crippen LogP contribution in [0.25, 0.3) is 0 Å². The van der Waals surface area contributed by atoms with Crippen LogP contribution in [0.2, 0.25) is 0 Å². The van der Waals surface area contributed by atoms with Gasteiger partial charge in [0, 0.05) is 6.42 Å². The third-order valence-electron chi connectivity index (χ3n) is 2.40. The Balaban J connectivity index is 2.64. The van der Waals surface area contributed by atoms with E-state index < -0.39 is 0 Å². The summed E-state index contributed by atoms with van der Waals surface area (Å²) in [5.74, 6) is 1.51. The maximum absolute atomic E-state index is 11.4. The molecule has 5 nitrogen and oxygen atoms in total. The number of rotatable bonds is 6. The van der Waals surface area contributed by atoms with Gasteiger partial charge in [-0.3, -0.25) is 4.79 Å². The first-order valence-electron chi connectivity index (χ1n) is 6.10. The number of benzene rings is 1. The summed E-state index contributed by atoms with van der Waals surface area (Å²) < 4.78 is 10.3. The molecule has 0 saturated carbocycles. The molecule has 0 aliphatic rings. The summed E-state index contributed by atoms with van der Waals surface area (Å²) in [7, 11) is 3.15. The van der Waals surface area contributed by atoms with Crippen LogP contribution in [0.5, 0.6) is 11.5 Å².